The number of hydrogen-bond acceptors (Lipinski definition) is 7. The van der Waals surface area contributed by atoms with Gasteiger partial charge in [-0.2, -0.15) is 0 Å². The maximum absolute atomic E-state index is 12.8. The van der Waals surface area contributed by atoms with Crippen molar-refractivity contribution in [1.29, 1.82) is 0 Å². The number of nitrogens with one attached hydrogen (secondary N) is 4. The van der Waals surface area contributed by atoms with Crippen LogP contribution >= 0.6 is 11.8 Å². The van der Waals surface area contributed by atoms with Crippen molar-refractivity contribution in [1.82, 2.24) is 25.9 Å². The summed E-state index contributed by atoms with van der Waals surface area (Å²) in [5.41, 5.74) is 9.03. The second-order valence-corrected chi connectivity index (χ2v) is 9.06. The summed E-state index contributed by atoms with van der Waals surface area (Å²) < 4.78 is 0. The lowest BCUT2D eigenvalue weighted by molar-refractivity contribution is 0.0926. The first-order valence-corrected chi connectivity index (χ1v) is 12.7. The van der Waals surface area contributed by atoms with E-state index in [0.29, 0.717) is 12.2 Å². The molecule has 0 aliphatic carbocycles. The lowest BCUT2D eigenvalue weighted by atomic mass is 10.1. The highest BCUT2D eigenvalue weighted by Crippen LogP contribution is 2.24. The van der Waals surface area contributed by atoms with Crippen molar-refractivity contribution >= 4 is 35.2 Å². The van der Waals surface area contributed by atoms with Crippen molar-refractivity contribution in [3.63, 3.8) is 0 Å². The Kier molecular flexibility index (Phi) is 8.17. The van der Waals surface area contributed by atoms with Gasteiger partial charge in [0.1, 0.15) is 0 Å². The number of amides is 3. The van der Waals surface area contributed by atoms with Gasteiger partial charge < -0.3 is 27.0 Å². The van der Waals surface area contributed by atoms with Gasteiger partial charge in [0.2, 0.25) is 0 Å². The number of rotatable bonds is 7. The number of para-hydroxylation sites is 1. The van der Waals surface area contributed by atoms with E-state index in [-0.39, 0.29) is 29.5 Å². The second-order valence-electron chi connectivity index (χ2n) is 8.21. The highest BCUT2D eigenvalue weighted by atomic mass is 32.2. The first kappa shape index (κ1) is 24.5. The highest BCUT2D eigenvalue weighted by Gasteiger charge is 2.20. The van der Waals surface area contributed by atoms with Crippen molar-refractivity contribution in [2.24, 2.45) is 0 Å². The third-order valence-corrected chi connectivity index (χ3v) is 6.47. The Morgan fingerprint density at radius 3 is 2.86 bits per heavy atom. The molecule has 3 aromatic rings. The average Bonchev–Trinajstić information content (AvgIpc) is 2.89. The van der Waals surface area contributed by atoms with E-state index in [1.165, 1.54) is 0 Å². The third kappa shape index (κ3) is 6.49. The SMILES string of the molecule is CSc1ccccc1NC(=O)NCc1cccc(-c2cnc(N)c(C(=O)N[C@H]3CCCNC3)n2)c1. The molecule has 35 heavy (non-hydrogen) atoms. The number of nitrogens with two attached hydrogens (primary N) is 1. The van der Waals surface area contributed by atoms with Crippen LogP contribution in [0.15, 0.2) is 59.6 Å². The highest BCUT2D eigenvalue weighted by molar-refractivity contribution is 7.98. The number of nitrogen functional groups attached to an aromatic ring is 1. The van der Waals surface area contributed by atoms with E-state index in [4.69, 9.17) is 5.73 Å². The molecule has 1 fully saturated rings. The van der Waals surface area contributed by atoms with Crippen LogP contribution in [-0.4, -0.2) is 47.3 Å². The van der Waals surface area contributed by atoms with Gasteiger partial charge in [-0.15, -0.1) is 11.8 Å². The summed E-state index contributed by atoms with van der Waals surface area (Å²) >= 11 is 1.57. The summed E-state index contributed by atoms with van der Waals surface area (Å²) in [6.45, 7) is 2.01. The van der Waals surface area contributed by atoms with Gasteiger partial charge in [0, 0.05) is 29.6 Å². The normalized spacial score (nSPS) is 15.3. The second kappa shape index (κ2) is 11.7. The Morgan fingerprint density at radius 2 is 2.06 bits per heavy atom. The van der Waals surface area contributed by atoms with Crippen LogP contribution in [0.4, 0.5) is 16.3 Å². The van der Waals surface area contributed by atoms with Gasteiger partial charge >= 0.3 is 6.03 Å². The third-order valence-electron chi connectivity index (χ3n) is 5.68. The summed E-state index contributed by atoms with van der Waals surface area (Å²) in [6, 6.07) is 15.0. The van der Waals surface area contributed by atoms with Crippen LogP contribution in [0.25, 0.3) is 11.3 Å². The predicted octanol–water partition coefficient (Wildman–Crippen LogP) is 3.25. The fraction of sp³-hybridized carbons (Fsp3) is 0.280. The van der Waals surface area contributed by atoms with E-state index >= 15 is 0 Å². The zero-order valence-corrected chi connectivity index (χ0v) is 20.3. The number of nitrogens with zero attached hydrogens (tertiary/aromatic N) is 2. The molecule has 10 heteroatoms. The maximum atomic E-state index is 12.8. The number of carbonyl (C=O) groups is 2. The molecule has 182 valence electrons. The van der Waals surface area contributed by atoms with Crippen LogP contribution in [0.5, 0.6) is 0 Å². The average molecular weight is 492 g/mol. The van der Waals surface area contributed by atoms with Crippen LogP contribution in [0.2, 0.25) is 0 Å². The Labute approximate surface area is 208 Å². The van der Waals surface area contributed by atoms with Gasteiger partial charge in [0.25, 0.3) is 5.91 Å². The molecule has 2 aromatic carbocycles. The summed E-state index contributed by atoms with van der Waals surface area (Å²) in [6.07, 6.45) is 5.44. The molecule has 0 radical (unpaired) electrons. The van der Waals surface area contributed by atoms with E-state index in [1.807, 2.05) is 54.8 Å². The first-order valence-electron chi connectivity index (χ1n) is 11.4. The van der Waals surface area contributed by atoms with Gasteiger partial charge in [-0.1, -0.05) is 30.3 Å². The minimum Gasteiger partial charge on any atom is -0.382 e. The molecule has 1 aliphatic rings. The van der Waals surface area contributed by atoms with Crippen LogP contribution in [0, 0.1) is 0 Å². The molecule has 0 spiro atoms. The number of hydrogen-bond donors (Lipinski definition) is 5. The molecule has 9 nitrogen and oxygen atoms in total. The van der Waals surface area contributed by atoms with Crippen LogP contribution in [-0.2, 0) is 6.54 Å². The molecular formula is C25H29N7O2S. The molecule has 1 saturated heterocycles. The minimum absolute atomic E-state index is 0.0459. The summed E-state index contributed by atoms with van der Waals surface area (Å²) in [7, 11) is 0. The van der Waals surface area contributed by atoms with Crippen LogP contribution in [0.3, 0.4) is 0 Å². The van der Waals surface area contributed by atoms with Crippen molar-refractivity contribution in [3.05, 3.63) is 66.0 Å². The zero-order valence-electron chi connectivity index (χ0n) is 19.5. The zero-order chi connectivity index (χ0) is 24.6. The summed E-state index contributed by atoms with van der Waals surface area (Å²) in [5, 5.41) is 12.0. The lowest BCUT2D eigenvalue weighted by Gasteiger charge is -2.23. The number of anilines is 2. The standard InChI is InChI=1S/C25H29N7O2S/c1-35-21-10-3-2-9-19(21)32-25(34)29-13-16-6-4-7-17(12-16)20-15-28-23(26)22(31-20)24(33)30-18-8-5-11-27-14-18/h2-4,6-7,9-10,12,15,18,27H,5,8,11,13-14H2,1H3,(H2,26,28)(H,30,33)(H2,29,32,34)/t18-/m0/s1. The fourth-order valence-corrected chi connectivity index (χ4v) is 4.42. The van der Waals surface area contributed by atoms with Gasteiger partial charge in [0.05, 0.1) is 17.6 Å². The number of aromatic nitrogens is 2. The Balaban J connectivity index is 1.42. The van der Waals surface area contributed by atoms with Crippen molar-refractivity contribution in [2.45, 2.75) is 30.3 Å². The monoisotopic (exact) mass is 491 g/mol. The number of urea groups is 1. The molecule has 1 atom stereocenters. The molecule has 4 rings (SSSR count). The molecule has 6 N–H and O–H groups in total. The summed E-state index contributed by atoms with van der Waals surface area (Å²) in [4.78, 5) is 34.9. The molecule has 0 bridgehead atoms. The molecule has 1 aromatic heterocycles. The van der Waals surface area contributed by atoms with Crippen molar-refractivity contribution < 1.29 is 9.59 Å². The molecule has 0 unspecified atom stereocenters. The fourth-order valence-electron chi connectivity index (χ4n) is 3.87. The minimum atomic E-state index is -0.328. The van der Waals surface area contributed by atoms with Crippen LogP contribution < -0.4 is 27.0 Å². The van der Waals surface area contributed by atoms with Gasteiger partial charge in [-0.25, -0.2) is 14.8 Å². The molecular weight excluding hydrogens is 462 g/mol. The number of thioether (sulfide) groups is 1. The Hall–Kier alpha value is -3.63. The quantitative estimate of drug-likeness (QED) is 0.320. The van der Waals surface area contributed by atoms with Gasteiger partial charge in [-0.3, -0.25) is 4.79 Å². The van der Waals surface area contributed by atoms with Crippen molar-refractivity contribution in [2.75, 3.05) is 30.4 Å². The van der Waals surface area contributed by atoms with Crippen molar-refractivity contribution in [3.8, 4) is 11.3 Å². The van der Waals surface area contributed by atoms with Crippen LogP contribution in [0.1, 0.15) is 28.9 Å². The Bertz CT molecular complexity index is 1200. The maximum Gasteiger partial charge on any atom is 0.319 e. The van der Waals surface area contributed by atoms with E-state index in [9.17, 15) is 9.59 Å². The number of carbonyl (C=O) groups excluding carboxylic acids is 2. The molecule has 0 saturated carbocycles. The van der Waals surface area contributed by atoms with Gasteiger partial charge in [0.15, 0.2) is 11.5 Å². The Morgan fingerprint density at radius 1 is 1.20 bits per heavy atom. The first-order chi connectivity index (χ1) is 17.0. The number of piperidine rings is 1. The van der Waals surface area contributed by atoms with Gasteiger partial charge in [-0.05, 0) is 49.4 Å². The summed E-state index contributed by atoms with van der Waals surface area (Å²) in [5.74, 6) is -0.236. The van der Waals surface area contributed by atoms with E-state index < -0.39 is 0 Å². The van der Waals surface area contributed by atoms with E-state index in [0.717, 1.165) is 47.6 Å². The van der Waals surface area contributed by atoms with E-state index in [1.54, 1.807) is 18.0 Å². The molecule has 3 amide bonds. The largest absolute Gasteiger partial charge is 0.382 e. The smallest absolute Gasteiger partial charge is 0.319 e. The topological polar surface area (TPSA) is 134 Å². The molecule has 1 aliphatic heterocycles. The predicted molar refractivity (Wildman–Crippen MR) is 139 cm³/mol. The number of benzene rings is 2. The lowest BCUT2D eigenvalue weighted by Crippen LogP contribution is -2.46. The van der Waals surface area contributed by atoms with E-state index in [2.05, 4.69) is 31.2 Å². The molecule has 2 heterocycles.